The third kappa shape index (κ3) is 3.23. The number of likely N-dealkylation sites (tertiary alicyclic amines) is 1. The Morgan fingerprint density at radius 1 is 1.31 bits per heavy atom. The van der Waals surface area contributed by atoms with E-state index in [1.165, 1.54) is 37.1 Å². The van der Waals surface area contributed by atoms with Gasteiger partial charge >= 0.3 is 0 Å². The molecule has 0 aliphatic carbocycles. The van der Waals surface area contributed by atoms with Crippen LogP contribution < -0.4 is 0 Å². The third-order valence-corrected chi connectivity index (χ3v) is 3.85. The molecule has 0 bridgehead atoms. The van der Waals surface area contributed by atoms with Crippen molar-refractivity contribution in [3.8, 4) is 0 Å². The Hall–Kier alpha value is -0.530. The van der Waals surface area contributed by atoms with Gasteiger partial charge in [-0.05, 0) is 44.3 Å². The van der Waals surface area contributed by atoms with Crippen LogP contribution >= 0.6 is 11.6 Å². The van der Waals surface area contributed by atoms with Crippen LogP contribution in [0.15, 0.2) is 24.3 Å². The Bertz CT molecular complexity index is 329. The summed E-state index contributed by atoms with van der Waals surface area (Å²) in [5.41, 5.74) is 2.79. The highest BCUT2D eigenvalue weighted by molar-refractivity contribution is 6.18. The van der Waals surface area contributed by atoms with E-state index in [9.17, 15) is 0 Å². The Kier molecular flexibility index (Phi) is 4.25. The highest BCUT2D eigenvalue weighted by atomic mass is 35.5. The zero-order valence-electron chi connectivity index (χ0n) is 9.95. The second-order valence-corrected chi connectivity index (χ2v) is 5.17. The summed E-state index contributed by atoms with van der Waals surface area (Å²) in [7, 11) is 0. The second-order valence-electron chi connectivity index (χ2n) is 4.86. The number of alkyl halides is 1. The van der Waals surface area contributed by atoms with Crippen molar-refractivity contribution >= 4 is 11.6 Å². The average Bonchev–Trinajstić information content (AvgIpc) is 2.30. The number of benzene rings is 1. The first-order valence-electron chi connectivity index (χ1n) is 6.12. The number of hydrogen-bond acceptors (Lipinski definition) is 1. The largest absolute Gasteiger partial charge is 0.299 e. The van der Waals surface area contributed by atoms with Crippen molar-refractivity contribution in [3.63, 3.8) is 0 Å². The molecule has 88 valence electrons. The van der Waals surface area contributed by atoms with Gasteiger partial charge in [-0.2, -0.15) is 0 Å². The summed E-state index contributed by atoms with van der Waals surface area (Å²) in [5.74, 6) is 1.58. The molecule has 1 aliphatic rings. The Morgan fingerprint density at radius 3 is 2.69 bits per heavy atom. The Morgan fingerprint density at radius 2 is 2.06 bits per heavy atom. The van der Waals surface area contributed by atoms with E-state index in [1.807, 2.05) is 0 Å². The van der Waals surface area contributed by atoms with Gasteiger partial charge in [0.2, 0.25) is 0 Å². The molecule has 1 fully saturated rings. The van der Waals surface area contributed by atoms with Gasteiger partial charge in [-0.3, -0.25) is 4.90 Å². The number of hydrogen-bond donors (Lipinski definition) is 0. The SMILES string of the molecule is Cc1cccc(CN2CCC(CCl)CC2)c1. The quantitative estimate of drug-likeness (QED) is 0.728. The minimum Gasteiger partial charge on any atom is -0.299 e. The smallest absolute Gasteiger partial charge is 0.0252 e. The van der Waals surface area contributed by atoms with Crippen molar-refractivity contribution in [2.24, 2.45) is 5.92 Å². The summed E-state index contributed by atoms with van der Waals surface area (Å²) in [6, 6.07) is 8.81. The topological polar surface area (TPSA) is 3.24 Å². The van der Waals surface area contributed by atoms with E-state index >= 15 is 0 Å². The van der Waals surface area contributed by atoms with Crippen LogP contribution in [0.4, 0.5) is 0 Å². The molecule has 2 heteroatoms. The van der Waals surface area contributed by atoms with Crippen molar-refractivity contribution in [1.82, 2.24) is 4.90 Å². The molecule has 0 spiro atoms. The molecule has 16 heavy (non-hydrogen) atoms. The summed E-state index contributed by atoms with van der Waals surface area (Å²) in [4.78, 5) is 2.54. The van der Waals surface area contributed by atoms with Gasteiger partial charge < -0.3 is 0 Å². The number of nitrogens with zero attached hydrogens (tertiary/aromatic N) is 1. The molecule has 1 aromatic rings. The average molecular weight is 238 g/mol. The van der Waals surface area contributed by atoms with E-state index in [4.69, 9.17) is 11.6 Å². The molecule has 0 radical (unpaired) electrons. The van der Waals surface area contributed by atoms with E-state index in [2.05, 4.69) is 36.1 Å². The summed E-state index contributed by atoms with van der Waals surface area (Å²) in [5, 5.41) is 0. The molecule has 1 aliphatic heterocycles. The van der Waals surface area contributed by atoms with Crippen LogP contribution in [-0.4, -0.2) is 23.9 Å². The van der Waals surface area contributed by atoms with Gasteiger partial charge in [-0.15, -0.1) is 11.6 Å². The molecule has 0 unspecified atom stereocenters. The summed E-state index contributed by atoms with van der Waals surface area (Å²) < 4.78 is 0. The van der Waals surface area contributed by atoms with Crippen molar-refractivity contribution in [2.45, 2.75) is 26.3 Å². The van der Waals surface area contributed by atoms with Crippen molar-refractivity contribution in [3.05, 3.63) is 35.4 Å². The summed E-state index contributed by atoms with van der Waals surface area (Å²) >= 11 is 5.89. The lowest BCUT2D eigenvalue weighted by atomic mass is 9.98. The van der Waals surface area contributed by atoms with Gasteiger partial charge in [-0.1, -0.05) is 29.8 Å². The molecule has 0 N–H and O–H groups in total. The molecule has 2 rings (SSSR count). The fourth-order valence-corrected chi connectivity index (χ4v) is 2.68. The third-order valence-electron chi connectivity index (χ3n) is 3.41. The van der Waals surface area contributed by atoms with E-state index in [0.29, 0.717) is 0 Å². The normalized spacial score (nSPS) is 18.9. The van der Waals surface area contributed by atoms with E-state index in [-0.39, 0.29) is 0 Å². The Labute approximate surface area is 103 Å². The zero-order valence-corrected chi connectivity index (χ0v) is 10.7. The van der Waals surface area contributed by atoms with E-state index in [0.717, 1.165) is 18.3 Å². The van der Waals surface area contributed by atoms with Crippen LogP contribution in [0.1, 0.15) is 24.0 Å². The molecule has 0 saturated carbocycles. The Balaban J connectivity index is 1.87. The first-order chi connectivity index (χ1) is 7.78. The minimum atomic E-state index is 0.746. The molecule has 0 amide bonds. The number of halogens is 1. The van der Waals surface area contributed by atoms with Crippen LogP contribution in [0.3, 0.4) is 0 Å². The standard InChI is InChI=1S/C14H20ClN/c1-12-3-2-4-14(9-12)11-16-7-5-13(10-15)6-8-16/h2-4,9,13H,5-8,10-11H2,1H3. The predicted octanol–water partition coefficient (Wildman–Crippen LogP) is 3.45. The minimum absolute atomic E-state index is 0.746. The number of aryl methyl sites for hydroxylation is 1. The molecule has 1 heterocycles. The van der Waals surface area contributed by atoms with Crippen LogP contribution in [0.2, 0.25) is 0 Å². The number of rotatable bonds is 3. The van der Waals surface area contributed by atoms with Crippen LogP contribution in [0, 0.1) is 12.8 Å². The van der Waals surface area contributed by atoms with Gasteiger partial charge in [0.1, 0.15) is 0 Å². The second kappa shape index (κ2) is 5.70. The first kappa shape index (κ1) is 11.9. The predicted molar refractivity (Wildman–Crippen MR) is 69.9 cm³/mol. The van der Waals surface area contributed by atoms with Gasteiger partial charge in [0.25, 0.3) is 0 Å². The maximum atomic E-state index is 5.89. The van der Waals surface area contributed by atoms with Crippen molar-refractivity contribution < 1.29 is 0 Å². The van der Waals surface area contributed by atoms with E-state index < -0.39 is 0 Å². The van der Waals surface area contributed by atoms with Gasteiger partial charge in [-0.25, -0.2) is 0 Å². The molecule has 1 nitrogen and oxygen atoms in total. The van der Waals surface area contributed by atoms with Crippen molar-refractivity contribution in [2.75, 3.05) is 19.0 Å². The zero-order chi connectivity index (χ0) is 11.4. The van der Waals surface area contributed by atoms with Crippen molar-refractivity contribution in [1.29, 1.82) is 0 Å². The lowest BCUT2D eigenvalue weighted by Gasteiger charge is -2.31. The summed E-state index contributed by atoms with van der Waals surface area (Å²) in [6.07, 6.45) is 2.52. The van der Waals surface area contributed by atoms with Crippen LogP contribution in [-0.2, 0) is 6.54 Å². The fourth-order valence-electron chi connectivity index (χ4n) is 2.37. The van der Waals surface area contributed by atoms with Gasteiger partial charge in [0.05, 0.1) is 0 Å². The molecular weight excluding hydrogens is 218 g/mol. The highest BCUT2D eigenvalue weighted by Crippen LogP contribution is 2.20. The number of piperidine rings is 1. The molecule has 1 aromatic carbocycles. The van der Waals surface area contributed by atoms with Gasteiger partial charge in [0, 0.05) is 12.4 Å². The van der Waals surface area contributed by atoms with Crippen LogP contribution in [0.5, 0.6) is 0 Å². The first-order valence-corrected chi connectivity index (χ1v) is 6.65. The maximum absolute atomic E-state index is 5.89. The lowest BCUT2D eigenvalue weighted by molar-refractivity contribution is 0.186. The highest BCUT2D eigenvalue weighted by Gasteiger charge is 2.18. The molecule has 0 atom stereocenters. The fraction of sp³-hybridized carbons (Fsp3) is 0.571. The van der Waals surface area contributed by atoms with Crippen LogP contribution in [0.25, 0.3) is 0 Å². The van der Waals surface area contributed by atoms with E-state index in [1.54, 1.807) is 0 Å². The lowest BCUT2D eigenvalue weighted by Crippen LogP contribution is -2.33. The monoisotopic (exact) mass is 237 g/mol. The van der Waals surface area contributed by atoms with Gasteiger partial charge in [0.15, 0.2) is 0 Å². The molecule has 1 saturated heterocycles. The molecule has 0 aromatic heterocycles. The maximum Gasteiger partial charge on any atom is 0.0252 e. The molecular formula is C14H20ClN. The summed E-state index contributed by atoms with van der Waals surface area (Å²) in [6.45, 7) is 5.65.